The molecule has 21 heteroatoms. The molecule has 7 N–H and O–H groups in total. The van der Waals surface area contributed by atoms with Crippen LogP contribution in [0, 0.1) is 11.8 Å². The van der Waals surface area contributed by atoms with Gasteiger partial charge in [-0.2, -0.15) is 11.8 Å². The smallest absolute Gasteiger partial charge is 0.326 e. The van der Waals surface area contributed by atoms with Gasteiger partial charge in [0.15, 0.2) is 10.9 Å². The molecule has 0 aliphatic carbocycles. The first-order valence-corrected chi connectivity index (χ1v) is 22.3. The van der Waals surface area contributed by atoms with E-state index in [0.717, 1.165) is 10.5 Å². The van der Waals surface area contributed by atoms with Crippen LogP contribution in [-0.4, -0.2) is 182 Å². The van der Waals surface area contributed by atoms with E-state index in [0.29, 0.717) is 43.7 Å². The second-order valence-electron chi connectivity index (χ2n) is 15.7. The molecule has 0 aromatic heterocycles. The predicted octanol–water partition coefficient (Wildman–Crippen LogP) is 1.08. The molecule has 0 spiro atoms. The van der Waals surface area contributed by atoms with E-state index in [2.05, 4.69) is 16.0 Å². The van der Waals surface area contributed by atoms with E-state index in [4.69, 9.17) is 12.2 Å². The third-order valence-electron chi connectivity index (χ3n) is 10.7. The number of carboxylic acids is 4. The van der Waals surface area contributed by atoms with Crippen molar-refractivity contribution in [3.05, 3.63) is 42.0 Å². The summed E-state index contributed by atoms with van der Waals surface area (Å²) in [5, 5.41) is 47.4. The minimum Gasteiger partial charge on any atom is -0.480 e. The molecule has 0 radical (unpaired) electrons. The van der Waals surface area contributed by atoms with Gasteiger partial charge >= 0.3 is 23.9 Å². The highest BCUT2D eigenvalue weighted by Gasteiger charge is 2.32. The number of nitrogens with zero attached hydrogens (tertiary/aromatic N) is 4. The SMILES string of the molecule is CSCCC(NC(=S)Nc1ccc(CC2CN(CC(=O)O)CCN(CC(=O)O)CCN2CC(=O)O)cc1)C(=O)CC(C(=O)NC(CCCCN1C(=O)C=CC1=O)C(=O)O)C(C)C. The molecule has 342 valence electrons. The Morgan fingerprint density at radius 2 is 1.39 bits per heavy atom. The zero-order chi connectivity index (χ0) is 45.9. The summed E-state index contributed by atoms with van der Waals surface area (Å²) in [5.74, 6) is -6.65. The van der Waals surface area contributed by atoms with Gasteiger partial charge in [0.25, 0.3) is 11.8 Å². The van der Waals surface area contributed by atoms with E-state index in [1.54, 1.807) is 40.7 Å². The Morgan fingerprint density at radius 1 is 0.790 bits per heavy atom. The number of benzene rings is 1. The maximum Gasteiger partial charge on any atom is 0.326 e. The van der Waals surface area contributed by atoms with E-state index in [1.165, 1.54) is 23.9 Å². The number of hydrogen-bond acceptors (Lipinski definition) is 13. The fraction of sp³-hybridized carbons (Fsp3) is 0.585. The highest BCUT2D eigenvalue weighted by atomic mass is 32.2. The predicted molar refractivity (Wildman–Crippen MR) is 235 cm³/mol. The number of carbonyl (C=O) groups is 8. The van der Waals surface area contributed by atoms with E-state index in [9.17, 15) is 58.8 Å². The van der Waals surface area contributed by atoms with Gasteiger partial charge in [-0.05, 0) is 79.9 Å². The largest absolute Gasteiger partial charge is 0.480 e. The van der Waals surface area contributed by atoms with Crippen LogP contribution in [0.15, 0.2) is 36.4 Å². The summed E-state index contributed by atoms with van der Waals surface area (Å²) < 4.78 is 0. The van der Waals surface area contributed by atoms with Gasteiger partial charge in [0.2, 0.25) is 5.91 Å². The third-order valence-corrected chi connectivity index (χ3v) is 11.5. The van der Waals surface area contributed by atoms with Crippen LogP contribution < -0.4 is 16.0 Å². The number of unbranched alkanes of at least 4 members (excludes halogenated alkanes) is 1. The lowest BCUT2D eigenvalue weighted by atomic mass is 9.87. The molecule has 1 saturated heterocycles. The van der Waals surface area contributed by atoms with Crippen molar-refractivity contribution in [2.24, 2.45) is 11.8 Å². The van der Waals surface area contributed by atoms with Gasteiger partial charge in [-0.25, -0.2) is 4.79 Å². The maximum atomic E-state index is 13.8. The number of hydrogen-bond donors (Lipinski definition) is 7. The molecular weight excluding hydrogens is 847 g/mol. The molecule has 2 aliphatic rings. The van der Waals surface area contributed by atoms with Gasteiger partial charge in [0.05, 0.1) is 25.7 Å². The standard InChI is InChI=1S/C41H59N7O12S2/c1-26(2)30(39(58)43-32(40(59)60)6-4-5-14-48-34(50)11-12-35(48)51)21-33(49)31(13-19-62-3)44-41(61)42-28-9-7-27(8-10-28)20-29-22-46(24-37(54)55)16-15-45(23-36(52)53)17-18-47(29)25-38(56)57/h7-12,26,29-32H,4-6,13-25H2,1-3H3,(H,43,58)(H,52,53)(H,54,55)(H,56,57)(H,59,60)(H2,42,44,61). The summed E-state index contributed by atoms with van der Waals surface area (Å²) in [6.45, 7) is 4.19. The first-order valence-electron chi connectivity index (χ1n) is 20.5. The van der Waals surface area contributed by atoms with Gasteiger partial charge in [-0.3, -0.25) is 53.2 Å². The third kappa shape index (κ3) is 17.8. The molecule has 3 amide bonds. The normalized spacial score (nSPS) is 18.0. The highest BCUT2D eigenvalue weighted by molar-refractivity contribution is 7.98. The zero-order valence-electron chi connectivity index (χ0n) is 35.3. The number of amides is 3. The van der Waals surface area contributed by atoms with Crippen LogP contribution in [0.25, 0.3) is 0 Å². The lowest BCUT2D eigenvalue weighted by Gasteiger charge is -2.33. The molecule has 4 atom stereocenters. The average Bonchev–Trinajstić information content (AvgIpc) is 3.54. The van der Waals surface area contributed by atoms with Crippen LogP contribution in [0.3, 0.4) is 0 Å². The second-order valence-corrected chi connectivity index (χ2v) is 17.1. The Hall–Kier alpha value is -4.96. The lowest BCUT2D eigenvalue weighted by molar-refractivity contribution is -0.143. The number of thiocarbonyl (C=S) groups is 1. The molecule has 1 fully saturated rings. The van der Waals surface area contributed by atoms with Crippen molar-refractivity contribution in [1.82, 2.24) is 30.2 Å². The van der Waals surface area contributed by atoms with Crippen molar-refractivity contribution < 1.29 is 58.8 Å². The number of carbonyl (C=O) groups excluding carboxylic acids is 4. The monoisotopic (exact) mass is 905 g/mol. The number of anilines is 1. The summed E-state index contributed by atoms with van der Waals surface area (Å²) >= 11 is 7.13. The Morgan fingerprint density at radius 3 is 1.97 bits per heavy atom. The minimum atomic E-state index is -1.24. The van der Waals surface area contributed by atoms with Crippen molar-refractivity contribution in [2.75, 3.05) is 76.2 Å². The van der Waals surface area contributed by atoms with Crippen LogP contribution in [0.4, 0.5) is 5.69 Å². The van der Waals surface area contributed by atoms with Crippen LogP contribution in [0.5, 0.6) is 0 Å². The summed E-state index contributed by atoms with van der Waals surface area (Å²) in [6, 6.07) is 4.79. The Bertz CT molecular complexity index is 1780. The average molecular weight is 906 g/mol. The number of carboxylic acid groups (broad SMARTS) is 4. The molecule has 4 unspecified atom stereocenters. The maximum absolute atomic E-state index is 13.8. The first kappa shape index (κ1) is 51.4. The second kappa shape index (κ2) is 25.8. The fourth-order valence-corrected chi connectivity index (χ4v) is 8.01. The molecule has 2 aliphatic heterocycles. The molecule has 0 saturated carbocycles. The fourth-order valence-electron chi connectivity index (χ4n) is 7.28. The molecule has 2 heterocycles. The summed E-state index contributed by atoms with van der Waals surface area (Å²) in [4.78, 5) is 104. The Balaban J connectivity index is 1.65. The van der Waals surface area contributed by atoms with Crippen molar-refractivity contribution in [3.8, 4) is 0 Å². The molecular formula is C41H59N7O12S2. The number of Topliss-reactive ketones (excluding diaryl/α,β-unsaturated/α-hetero) is 1. The molecule has 19 nitrogen and oxygen atoms in total. The number of thioether (sulfide) groups is 1. The van der Waals surface area contributed by atoms with Gasteiger partial charge in [0.1, 0.15) is 6.04 Å². The highest BCUT2D eigenvalue weighted by Crippen LogP contribution is 2.21. The Kier molecular flexibility index (Phi) is 21.4. The Labute approximate surface area is 370 Å². The van der Waals surface area contributed by atoms with Crippen molar-refractivity contribution in [1.29, 1.82) is 0 Å². The first-order chi connectivity index (χ1) is 29.4. The van der Waals surface area contributed by atoms with Gasteiger partial charge in [-0.1, -0.05) is 26.0 Å². The number of rotatable bonds is 25. The van der Waals surface area contributed by atoms with E-state index in [1.807, 2.05) is 18.4 Å². The van der Waals surface area contributed by atoms with Gasteiger partial charge in [0, 0.05) is 75.5 Å². The van der Waals surface area contributed by atoms with E-state index < -0.39 is 65.6 Å². The van der Waals surface area contributed by atoms with Crippen LogP contribution in [0.1, 0.15) is 51.5 Å². The van der Waals surface area contributed by atoms with Crippen molar-refractivity contribution in [2.45, 2.75) is 70.5 Å². The topological polar surface area (TPSA) is 267 Å². The quantitative estimate of drug-likeness (QED) is 0.0411. The number of ketones is 1. The molecule has 62 heavy (non-hydrogen) atoms. The van der Waals surface area contributed by atoms with Crippen LogP contribution in [0.2, 0.25) is 0 Å². The lowest BCUT2D eigenvalue weighted by Crippen LogP contribution is -2.49. The molecule has 0 bridgehead atoms. The van der Waals surface area contributed by atoms with E-state index in [-0.39, 0.29) is 82.0 Å². The van der Waals surface area contributed by atoms with Gasteiger partial charge in [-0.15, -0.1) is 0 Å². The number of imide groups is 1. The summed E-state index contributed by atoms with van der Waals surface area (Å²) in [7, 11) is 0. The van der Waals surface area contributed by atoms with Crippen molar-refractivity contribution in [3.63, 3.8) is 0 Å². The summed E-state index contributed by atoms with van der Waals surface area (Å²) in [6.07, 6.45) is 5.57. The van der Waals surface area contributed by atoms with Crippen molar-refractivity contribution >= 4 is 82.2 Å². The minimum absolute atomic E-state index is 0.0620. The summed E-state index contributed by atoms with van der Waals surface area (Å²) in [5.41, 5.74) is 1.42. The molecule has 3 rings (SSSR count). The molecule has 1 aromatic carbocycles. The van der Waals surface area contributed by atoms with Crippen LogP contribution in [-0.2, 0) is 44.8 Å². The van der Waals surface area contributed by atoms with E-state index >= 15 is 0 Å². The number of nitrogens with one attached hydrogen (secondary N) is 3. The zero-order valence-corrected chi connectivity index (χ0v) is 37.0. The van der Waals surface area contributed by atoms with Gasteiger partial charge < -0.3 is 36.4 Å². The van der Waals surface area contributed by atoms with Crippen LogP contribution >= 0.6 is 24.0 Å². The molecule has 1 aromatic rings. The number of aliphatic carboxylic acids is 4.